The summed E-state index contributed by atoms with van der Waals surface area (Å²) in [5.41, 5.74) is 0.816. The minimum absolute atomic E-state index is 0.136. The summed E-state index contributed by atoms with van der Waals surface area (Å²) in [5, 5.41) is 12.7. The molecule has 0 bridgehead atoms. The first-order valence-electron chi connectivity index (χ1n) is 4.00. The fourth-order valence-electron chi connectivity index (χ4n) is 0.959. The number of carbonyl (C=O) groups is 1. The lowest BCUT2D eigenvalue weighted by atomic mass is 10.3. The van der Waals surface area contributed by atoms with E-state index in [1.807, 2.05) is 0 Å². The van der Waals surface area contributed by atoms with Crippen LogP contribution in [0.4, 0.5) is 0 Å². The van der Waals surface area contributed by atoms with Crippen molar-refractivity contribution in [1.29, 1.82) is 0 Å². The van der Waals surface area contributed by atoms with E-state index in [4.69, 9.17) is 9.84 Å². The second-order valence-corrected chi connectivity index (χ2v) is 2.52. The van der Waals surface area contributed by atoms with Crippen molar-refractivity contribution in [1.82, 2.24) is 9.78 Å². The maximum Gasteiger partial charge on any atom is 0.358 e. The number of aryl methyl sites for hydroxylation is 1. The highest BCUT2D eigenvalue weighted by Crippen LogP contribution is 2.04. The maximum absolute atomic E-state index is 11.1. The number of rotatable bonds is 3. The number of esters is 1. The number of hydrogen-bond donors (Lipinski definition) is 1. The van der Waals surface area contributed by atoms with Gasteiger partial charge in [0.25, 0.3) is 0 Å². The average molecular weight is 184 g/mol. The van der Waals surface area contributed by atoms with Gasteiger partial charge in [0.05, 0.1) is 18.9 Å². The fraction of sp³-hybridized carbons (Fsp3) is 0.500. The molecule has 0 aliphatic carbocycles. The van der Waals surface area contributed by atoms with Crippen molar-refractivity contribution in [2.45, 2.75) is 13.5 Å². The van der Waals surface area contributed by atoms with E-state index in [0.29, 0.717) is 12.3 Å². The zero-order valence-electron chi connectivity index (χ0n) is 7.65. The van der Waals surface area contributed by atoms with Crippen LogP contribution in [0, 0.1) is 0 Å². The molecule has 5 nitrogen and oxygen atoms in total. The van der Waals surface area contributed by atoms with Crippen molar-refractivity contribution in [2.24, 2.45) is 7.05 Å². The molecule has 0 aromatic carbocycles. The molecular weight excluding hydrogens is 172 g/mol. The second-order valence-electron chi connectivity index (χ2n) is 2.52. The van der Waals surface area contributed by atoms with E-state index in [2.05, 4.69) is 5.10 Å². The Morgan fingerprint density at radius 2 is 2.46 bits per heavy atom. The van der Waals surface area contributed by atoms with Gasteiger partial charge in [0.1, 0.15) is 0 Å². The Bertz CT molecular complexity index is 306. The van der Waals surface area contributed by atoms with Gasteiger partial charge in [-0.05, 0) is 13.0 Å². The minimum Gasteiger partial charge on any atom is -0.461 e. The topological polar surface area (TPSA) is 64.3 Å². The van der Waals surface area contributed by atoms with Gasteiger partial charge in [-0.1, -0.05) is 0 Å². The normalized spacial score (nSPS) is 10.1. The number of nitrogens with zero attached hydrogens (tertiary/aromatic N) is 2. The SMILES string of the molecule is CCOC(=O)c1cc(CO)n(C)n1. The summed E-state index contributed by atoms with van der Waals surface area (Å²) in [6, 6.07) is 1.51. The first-order valence-corrected chi connectivity index (χ1v) is 4.00. The molecular formula is C8H12N2O3. The lowest BCUT2D eigenvalue weighted by molar-refractivity contribution is 0.0518. The van der Waals surface area contributed by atoms with Gasteiger partial charge in [-0.3, -0.25) is 4.68 Å². The molecule has 0 unspecified atom stereocenters. The van der Waals surface area contributed by atoms with Crippen molar-refractivity contribution in [3.8, 4) is 0 Å². The number of aromatic nitrogens is 2. The minimum atomic E-state index is -0.460. The monoisotopic (exact) mass is 184 g/mol. The third kappa shape index (κ3) is 2.06. The lowest BCUT2D eigenvalue weighted by Gasteiger charge is -1.95. The molecule has 13 heavy (non-hydrogen) atoms. The third-order valence-corrected chi connectivity index (χ3v) is 1.62. The smallest absolute Gasteiger partial charge is 0.358 e. The van der Waals surface area contributed by atoms with Crippen LogP contribution >= 0.6 is 0 Å². The quantitative estimate of drug-likeness (QED) is 0.676. The second kappa shape index (κ2) is 4.04. The molecule has 0 saturated carbocycles. The Kier molecular flexibility index (Phi) is 3.02. The van der Waals surface area contributed by atoms with Crippen LogP contribution in [-0.4, -0.2) is 27.5 Å². The number of ether oxygens (including phenoxy) is 1. The standard InChI is InChI=1S/C8H12N2O3/c1-3-13-8(12)7-4-6(5-11)10(2)9-7/h4,11H,3,5H2,1-2H3. The first kappa shape index (κ1) is 9.73. The highest BCUT2D eigenvalue weighted by molar-refractivity contribution is 5.87. The number of carbonyl (C=O) groups excluding carboxylic acids is 1. The van der Waals surface area contributed by atoms with Crippen molar-refractivity contribution >= 4 is 5.97 Å². The Morgan fingerprint density at radius 1 is 1.77 bits per heavy atom. The summed E-state index contributed by atoms with van der Waals surface area (Å²) < 4.78 is 6.19. The van der Waals surface area contributed by atoms with Gasteiger partial charge in [-0.25, -0.2) is 4.79 Å². The van der Waals surface area contributed by atoms with Gasteiger partial charge >= 0.3 is 5.97 Å². The molecule has 0 fully saturated rings. The van der Waals surface area contributed by atoms with Crippen molar-refractivity contribution in [3.63, 3.8) is 0 Å². The molecule has 0 aliphatic heterocycles. The molecule has 0 spiro atoms. The predicted octanol–water partition coefficient (Wildman–Crippen LogP) is 0.0891. The molecule has 0 aliphatic rings. The van der Waals surface area contributed by atoms with Gasteiger partial charge in [0.2, 0.25) is 0 Å². The Labute approximate surface area is 75.9 Å². The van der Waals surface area contributed by atoms with Crippen LogP contribution in [0.15, 0.2) is 6.07 Å². The fourth-order valence-corrected chi connectivity index (χ4v) is 0.959. The average Bonchev–Trinajstić information content (AvgIpc) is 2.47. The molecule has 5 heteroatoms. The molecule has 1 aromatic rings. The van der Waals surface area contributed by atoms with Gasteiger partial charge in [-0.2, -0.15) is 5.10 Å². The zero-order chi connectivity index (χ0) is 9.84. The molecule has 0 radical (unpaired) electrons. The molecule has 72 valence electrons. The first-order chi connectivity index (χ1) is 6.19. The highest BCUT2D eigenvalue weighted by atomic mass is 16.5. The molecule has 1 N–H and O–H groups in total. The molecule has 0 atom stereocenters. The summed E-state index contributed by atoms with van der Waals surface area (Å²) in [6.07, 6.45) is 0. The molecule has 1 heterocycles. The van der Waals surface area contributed by atoms with Crippen LogP contribution in [0.5, 0.6) is 0 Å². The van der Waals surface area contributed by atoms with Crippen LogP contribution in [-0.2, 0) is 18.4 Å². The Morgan fingerprint density at radius 3 is 2.92 bits per heavy atom. The highest BCUT2D eigenvalue weighted by Gasteiger charge is 2.12. The number of aliphatic hydroxyl groups excluding tert-OH is 1. The predicted molar refractivity (Wildman–Crippen MR) is 45.1 cm³/mol. The maximum atomic E-state index is 11.1. The van der Waals surface area contributed by atoms with E-state index in [1.54, 1.807) is 14.0 Å². The molecule has 1 aromatic heterocycles. The van der Waals surface area contributed by atoms with E-state index >= 15 is 0 Å². The zero-order valence-corrected chi connectivity index (χ0v) is 7.65. The molecule has 0 saturated heterocycles. The Balaban J connectivity index is 2.84. The van der Waals surface area contributed by atoms with Crippen LogP contribution in [0.1, 0.15) is 23.1 Å². The largest absolute Gasteiger partial charge is 0.461 e. The number of hydrogen-bond acceptors (Lipinski definition) is 4. The summed E-state index contributed by atoms with van der Waals surface area (Å²) in [6.45, 7) is 1.92. The summed E-state index contributed by atoms with van der Waals surface area (Å²) in [5.74, 6) is -0.460. The molecule has 1 rings (SSSR count). The van der Waals surface area contributed by atoms with Gasteiger partial charge in [0.15, 0.2) is 5.69 Å². The van der Waals surface area contributed by atoms with Crippen LogP contribution in [0.3, 0.4) is 0 Å². The number of aliphatic hydroxyl groups is 1. The van der Waals surface area contributed by atoms with E-state index in [1.165, 1.54) is 10.7 Å². The van der Waals surface area contributed by atoms with Crippen molar-refractivity contribution < 1.29 is 14.6 Å². The van der Waals surface area contributed by atoms with E-state index in [9.17, 15) is 4.79 Å². The van der Waals surface area contributed by atoms with Gasteiger partial charge in [0, 0.05) is 7.05 Å². The van der Waals surface area contributed by atoms with Crippen LogP contribution in [0.2, 0.25) is 0 Å². The lowest BCUT2D eigenvalue weighted by Crippen LogP contribution is -2.06. The summed E-state index contributed by atoms with van der Waals surface area (Å²) >= 11 is 0. The van der Waals surface area contributed by atoms with Crippen LogP contribution < -0.4 is 0 Å². The molecule has 0 amide bonds. The van der Waals surface area contributed by atoms with Gasteiger partial charge in [-0.15, -0.1) is 0 Å². The summed E-state index contributed by atoms with van der Waals surface area (Å²) in [7, 11) is 1.66. The van der Waals surface area contributed by atoms with Crippen molar-refractivity contribution in [3.05, 3.63) is 17.5 Å². The van der Waals surface area contributed by atoms with Gasteiger partial charge < -0.3 is 9.84 Å². The van der Waals surface area contributed by atoms with Crippen LogP contribution in [0.25, 0.3) is 0 Å². The van der Waals surface area contributed by atoms with Crippen molar-refractivity contribution in [2.75, 3.05) is 6.61 Å². The Hall–Kier alpha value is -1.36. The van der Waals surface area contributed by atoms with E-state index in [0.717, 1.165) is 0 Å². The van der Waals surface area contributed by atoms with E-state index < -0.39 is 5.97 Å². The summed E-state index contributed by atoms with van der Waals surface area (Å²) in [4.78, 5) is 11.1. The van der Waals surface area contributed by atoms with E-state index in [-0.39, 0.29) is 12.3 Å². The third-order valence-electron chi connectivity index (χ3n) is 1.62.